The summed E-state index contributed by atoms with van der Waals surface area (Å²) in [6, 6.07) is -0.0438. The molecule has 0 aromatic rings. The number of thiocarbonyl (C=S) groups is 1. The van der Waals surface area contributed by atoms with E-state index in [4.69, 9.17) is 12.2 Å². The summed E-state index contributed by atoms with van der Waals surface area (Å²) < 4.78 is 0. The second kappa shape index (κ2) is 4.36. The molecule has 94 valence electrons. The Hall–Kier alpha value is -1.57. The molecule has 17 heavy (non-hydrogen) atoms. The van der Waals surface area contributed by atoms with Gasteiger partial charge in [0.1, 0.15) is 6.17 Å². The van der Waals surface area contributed by atoms with E-state index in [9.17, 15) is 9.59 Å². The van der Waals surface area contributed by atoms with Gasteiger partial charge in [-0.05, 0) is 26.1 Å². The third kappa shape index (κ3) is 1.59. The molecule has 0 spiro atoms. The third-order valence-electron chi connectivity index (χ3n) is 3.06. The molecule has 7 nitrogen and oxygen atoms in total. The molecule has 3 amide bonds. The van der Waals surface area contributed by atoms with Crippen molar-refractivity contribution < 1.29 is 9.59 Å². The van der Waals surface area contributed by atoms with E-state index >= 15 is 0 Å². The van der Waals surface area contributed by atoms with Crippen molar-refractivity contribution in [3.05, 3.63) is 0 Å². The van der Waals surface area contributed by atoms with Crippen molar-refractivity contribution in [3.63, 3.8) is 0 Å². The molecular formula is C9H15N5O2S. The molecule has 2 N–H and O–H groups in total. The number of amides is 3. The Morgan fingerprint density at radius 1 is 1.41 bits per heavy atom. The number of hydrogen-bond acceptors (Lipinski definition) is 3. The van der Waals surface area contributed by atoms with Gasteiger partial charge in [0.2, 0.25) is 6.41 Å². The van der Waals surface area contributed by atoms with Crippen molar-refractivity contribution in [2.24, 2.45) is 0 Å². The summed E-state index contributed by atoms with van der Waals surface area (Å²) in [5, 5.41) is 4.99. The molecule has 2 rings (SSSR count). The molecule has 2 saturated heterocycles. The smallest absolute Gasteiger partial charge is 0.323 e. The highest BCUT2D eigenvalue weighted by molar-refractivity contribution is 7.80. The molecular weight excluding hydrogens is 242 g/mol. The molecule has 2 atom stereocenters. The summed E-state index contributed by atoms with van der Waals surface area (Å²) in [4.78, 5) is 26.0. The fourth-order valence-electron chi connectivity index (χ4n) is 2.32. The van der Waals surface area contributed by atoms with Crippen LogP contribution in [0.4, 0.5) is 4.79 Å². The highest BCUT2D eigenvalue weighted by atomic mass is 32.1. The first-order chi connectivity index (χ1) is 8.15. The van der Waals surface area contributed by atoms with Crippen molar-refractivity contribution in [1.29, 1.82) is 0 Å². The number of likely N-dealkylation sites (N-methyl/N-ethyl adjacent to an activating group) is 2. The van der Waals surface area contributed by atoms with Gasteiger partial charge in [0.15, 0.2) is 11.3 Å². The Labute approximate surface area is 105 Å². The summed E-state index contributed by atoms with van der Waals surface area (Å²) in [5.41, 5.74) is 2.52. The van der Waals surface area contributed by atoms with E-state index < -0.39 is 0 Å². The Morgan fingerprint density at radius 3 is 2.59 bits per heavy atom. The van der Waals surface area contributed by atoms with Gasteiger partial charge in [-0.1, -0.05) is 0 Å². The zero-order valence-corrected chi connectivity index (χ0v) is 10.5. The van der Waals surface area contributed by atoms with E-state index in [1.807, 2.05) is 13.8 Å². The van der Waals surface area contributed by atoms with Crippen LogP contribution in [0, 0.1) is 0 Å². The maximum Gasteiger partial charge on any atom is 0.323 e. The average molecular weight is 257 g/mol. The molecule has 0 bridgehead atoms. The van der Waals surface area contributed by atoms with Crippen LogP contribution >= 0.6 is 12.2 Å². The Bertz CT molecular complexity index is 363. The molecule has 2 unspecified atom stereocenters. The standard InChI is InChI=1S/C9H15N5O2S/c1-3-12-6-7(13(4-2)9(12)16)14(10-5-15)8(17)11-6/h5-7H,3-4H2,1-2H3,(H,10,15)(H,11,17). The van der Waals surface area contributed by atoms with Gasteiger partial charge in [-0.15, -0.1) is 0 Å². The lowest BCUT2D eigenvalue weighted by Crippen LogP contribution is -2.52. The van der Waals surface area contributed by atoms with E-state index in [1.165, 1.54) is 5.01 Å². The van der Waals surface area contributed by atoms with E-state index in [-0.39, 0.29) is 18.4 Å². The highest BCUT2D eigenvalue weighted by Gasteiger charge is 2.53. The second-order valence-corrected chi connectivity index (χ2v) is 4.17. The zero-order chi connectivity index (χ0) is 12.6. The van der Waals surface area contributed by atoms with Crippen LogP contribution in [0.25, 0.3) is 0 Å². The van der Waals surface area contributed by atoms with Crippen LogP contribution in [-0.2, 0) is 4.79 Å². The largest absolute Gasteiger partial charge is 0.337 e. The van der Waals surface area contributed by atoms with Gasteiger partial charge < -0.3 is 10.2 Å². The van der Waals surface area contributed by atoms with Crippen LogP contribution in [0.3, 0.4) is 0 Å². The van der Waals surface area contributed by atoms with Gasteiger partial charge in [-0.25, -0.2) is 9.80 Å². The lowest BCUT2D eigenvalue weighted by Gasteiger charge is -2.28. The van der Waals surface area contributed by atoms with Crippen molar-refractivity contribution in [1.82, 2.24) is 25.6 Å². The molecule has 0 aliphatic carbocycles. The molecule has 0 radical (unpaired) electrons. The van der Waals surface area contributed by atoms with Gasteiger partial charge in [0.25, 0.3) is 0 Å². The minimum atomic E-state index is -0.273. The van der Waals surface area contributed by atoms with Gasteiger partial charge >= 0.3 is 6.03 Å². The van der Waals surface area contributed by atoms with Crippen LogP contribution in [0.15, 0.2) is 0 Å². The third-order valence-corrected chi connectivity index (χ3v) is 3.37. The molecule has 2 heterocycles. The minimum Gasteiger partial charge on any atom is -0.337 e. The number of carbonyl (C=O) groups excluding carboxylic acids is 2. The monoisotopic (exact) mass is 257 g/mol. The topological polar surface area (TPSA) is 67.9 Å². The average Bonchev–Trinajstić information content (AvgIpc) is 2.74. The summed E-state index contributed by atoms with van der Waals surface area (Å²) >= 11 is 5.13. The zero-order valence-electron chi connectivity index (χ0n) is 9.71. The number of hydrazine groups is 1. The van der Waals surface area contributed by atoms with Gasteiger partial charge in [0, 0.05) is 13.1 Å². The number of fused-ring (bicyclic) bond motifs is 1. The van der Waals surface area contributed by atoms with Gasteiger partial charge in [-0.3, -0.25) is 15.1 Å². The van der Waals surface area contributed by atoms with E-state index in [0.29, 0.717) is 24.6 Å². The van der Waals surface area contributed by atoms with Crippen molar-refractivity contribution >= 4 is 29.8 Å². The maximum absolute atomic E-state index is 12.1. The lowest BCUT2D eigenvalue weighted by molar-refractivity contribution is -0.113. The minimum absolute atomic E-state index is 0.0438. The molecule has 0 aromatic heterocycles. The summed E-state index contributed by atoms with van der Waals surface area (Å²) in [6.07, 6.45) is 0.0843. The van der Waals surface area contributed by atoms with Gasteiger partial charge in [0.05, 0.1) is 0 Å². The predicted octanol–water partition coefficient (Wildman–Crippen LogP) is -0.733. The number of urea groups is 1. The van der Waals surface area contributed by atoms with Crippen LogP contribution < -0.4 is 10.7 Å². The van der Waals surface area contributed by atoms with E-state index in [1.54, 1.807) is 9.80 Å². The molecule has 2 aliphatic rings. The predicted molar refractivity (Wildman–Crippen MR) is 64.5 cm³/mol. The van der Waals surface area contributed by atoms with Crippen LogP contribution in [0.2, 0.25) is 0 Å². The van der Waals surface area contributed by atoms with E-state index in [0.717, 1.165) is 0 Å². The SMILES string of the molecule is CCN1C(=O)N(CC)C2C1NC(=S)N2NC=O. The van der Waals surface area contributed by atoms with Crippen molar-refractivity contribution in [2.75, 3.05) is 13.1 Å². The first kappa shape index (κ1) is 11.9. The van der Waals surface area contributed by atoms with Crippen molar-refractivity contribution in [3.8, 4) is 0 Å². The number of carbonyl (C=O) groups is 2. The first-order valence-electron chi connectivity index (χ1n) is 5.52. The summed E-state index contributed by atoms with van der Waals surface area (Å²) in [6.45, 7) is 4.97. The molecule has 2 aliphatic heterocycles. The summed E-state index contributed by atoms with van der Waals surface area (Å²) in [7, 11) is 0. The molecule has 0 saturated carbocycles. The molecule has 2 fully saturated rings. The number of hydrogen-bond donors (Lipinski definition) is 2. The number of rotatable bonds is 4. The normalized spacial score (nSPS) is 27.3. The fourth-order valence-corrected chi connectivity index (χ4v) is 2.61. The Kier molecular flexibility index (Phi) is 3.05. The molecule has 0 aromatic carbocycles. The van der Waals surface area contributed by atoms with E-state index in [2.05, 4.69) is 10.7 Å². The second-order valence-electron chi connectivity index (χ2n) is 3.78. The quantitative estimate of drug-likeness (QED) is 0.513. The van der Waals surface area contributed by atoms with Crippen LogP contribution in [-0.4, -0.2) is 57.8 Å². The van der Waals surface area contributed by atoms with Crippen LogP contribution in [0.5, 0.6) is 0 Å². The Balaban J connectivity index is 2.30. The lowest BCUT2D eigenvalue weighted by atomic mass is 10.4. The van der Waals surface area contributed by atoms with Gasteiger partial charge in [-0.2, -0.15) is 0 Å². The number of nitrogens with one attached hydrogen (secondary N) is 2. The molecule has 8 heteroatoms. The maximum atomic E-state index is 12.1. The first-order valence-corrected chi connectivity index (χ1v) is 5.93. The van der Waals surface area contributed by atoms with Crippen LogP contribution in [0.1, 0.15) is 13.8 Å². The fraction of sp³-hybridized carbons (Fsp3) is 0.667. The number of nitrogens with zero attached hydrogens (tertiary/aromatic N) is 3. The summed E-state index contributed by atoms with van der Waals surface area (Å²) in [5.74, 6) is 0. The Morgan fingerprint density at radius 2 is 2.06 bits per heavy atom. The highest BCUT2D eigenvalue weighted by Crippen LogP contribution is 2.27. The van der Waals surface area contributed by atoms with Crippen molar-refractivity contribution in [2.45, 2.75) is 26.2 Å².